The lowest BCUT2D eigenvalue weighted by atomic mass is 10.0. The first-order valence-corrected chi connectivity index (χ1v) is 5.89. The van der Waals surface area contributed by atoms with E-state index in [0.717, 1.165) is 0 Å². The van der Waals surface area contributed by atoms with E-state index in [4.69, 9.17) is 5.73 Å². The molecule has 0 saturated carbocycles. The summed E-state index contributed by atoms with van der Waals surface area (Å²) in [5, 5.41) is 0.523. The van der Waals surface area contributed by atoms with Crippen molar-refractivity contribution in [2.45, 2.75) is 6.30 Å². The lowest BCUT2D eigenvalue weighted by Crippen LogP contribution is -2.22. The third kappa shape index (κ3) is 3.05. The number of hydrogen-bond donors (Lipinski definition) is 2. The molecule has 0 heterocycles. The molecule has 0 aliphatic carbocycles. The van der Waals surface area contributed by atoms with Crippen molar-refractivity contribution in [3.05, 3.63) is 47.0 Å². The van der Waals surface area contributed by atoms with Gasteiger partial charge in [0.25, 0.3) is 0 Å². The molecule has 0 spiro atoms. The van der Waals surface area contributed by atoms with Crippen molar-refractivity contribution in [2.75, 3.05) is 11.1 Å². The average Bonchev–Trinajstić information content (AvgIpc) is 2.44. The quantitative estimate of drug-likeness (QED) is 0.353. The maximum absolute atomic E-state index is 13.9. The number of nitrogens with two attached hydrogens (primary N) is 1. The topological polar surface area (TPSA) is 38.0 Å². The highest BCUT2D eigenvalue weighted by Gasteiger charge is 2.32. The van der Waals surface area contributed by atoms with E-state index in [9.17, 15) is 39.5 Å². The maximum Gasteiger partial charge on any atom is 0.482 e. The summed E-state index contributed by atoms with van der Waals surface area (Å²) < 4.78 is 119. The third-order valence-corrected chi connectivity index (χ3v) is 2.87. The molecule has 0 aliphatic heterocycles. The molecular weight excluding hydrogens is 355 g/mol. The number of benzene rings is 2. The molecule has 0 saturated heterocycles. The largest absolute Gasteiger partial charge is 0.482 e. The van der Waals surface area contributed by atoms with Gasteiger partial charge in [-0.15, -0.1) is 0 Å². The van der Waals surface area contributed by atoms with Crippen LogP contribution in [0.25, 0.3) is 11.1 Å². The highest BCUT2D eigenvalue weighted by molar-refractivity contribution is 5.71. The summed E-state index contributed by atoms with van der Waals surface area (Å²) in [6.45, 7) is 0. The van der Waals surface area contributed by atoms with Gasteiger partial charge >= 0.3 is 6.30 Å². The van der Waals surface area contributed by atoms with Gasteiger partial charge in [0.15, 0.2) is 23.3 Å². The second-order valence-corrected chi connectivity index (χ2v) is 4.48. The molecule has 2 aromatic rings. The van der Waals surface area contributed by atoms with Crippen LogP contribution in [0.3, 0.4) is 0 Å². The minimum Gasteiger partial charge on any atom is -0.396 e. The van der Waals surface area contributed by atoms with Crippen LogP contribution < -0.4 is 11.1 Å². The number of alkyl halides is 3. The van der Waals surface area contributed by atoms with Crippen molar-refractivity contribution in [1.29, 1.82) is 0 Å². The fourth-order valence-electron chi connectivity index (χ4n) is 1.91. The highest BCUT2D eigenvalue weighted by atomic mass is 19.4. The fourth-order valence-corrected chi connectivity index (χ4v) is 1.91. The number of nitrogen functional groups attached to an aromatic ring is 1. The third-order valence-electron chi connectivity index (χ3n) is 2.87. The Bertz CT molecular complexity index is 815. The summed E-state index contributed by atoms with van der Waals surface area (Å²) in [4.78, 5) is 0. The Morgan fingerprint density at radius 3 is 1.67 bits per heavy atom. The highest BCUT2D eigenvalue weighted by Crippen LogP contribution is 2.37. The molecule has 0 unspecified atom stereocenters. The van der Waals surface area contributed by atoms with Crippen molar-refractivity contribution < 1.29 is 39.5 Å². The molecule has 0 aromatic heterocycles. The zero-order valence-electron chi connectivity index (χ0n) is 11.1. The lowest BCUT2D eigenvalue weighted by molar-refractivity contribution is -0.100. The summed E-state index contributed by atoms with van der Waals surface area (Å²) in [5.41, 5.74) is -1.12. The summed E-state index contributed by atoms with van der Waals surface area (Å²) in [7, 11) is 0. The Hall–Kier alpha value is -2.59. The molecule has 0 radical (unpaired) electrons. The van der Waals surface area contributed by atoms with Gasteiger partial charge in [-0.05, 0) is 0 Å². The smallest absolute Gasteiger partial charge is 0.396 e. The minimum atomic E-state index is -5.23. The molecule has 0 bridgehead atoms. The molecule has 2 rings (SSSR count). The van der Waals surface area contributed by atoms with E-state index >= 15 is 0 Å². The van der Waals surface area contributed by atoms with Gasteiger partial charge in [0.05, 0.1) is 22.5 Å². The van der Waals surface area contributed by atoms with Gasteiger partial charge in [0, 0.05) is 12.1 Å². The van der Waals surface area contributed by atoms with E-state index in [1.54, 1.807) is 0 Å². The molecule has 0 amide bonds. The van der Waals surface area contributed by atoms with Crippen LogP contribution in [-0.4, -0.2) is 6.30 Å². The maximum atomic E-state index is 13.9. The average molecular weight is 360 g/mol. The van der Waals surface area contributed by atoms with E-state index in [0.29, 0.717) is 5.32 Å². The van der Waals surface area contributed by atoms with Crippen LogP contribution in [-0.2, 0) is 0 Å². The van der Waals surface area contributed by atoms with Crippen LogP contribution in [0.5, 0.6) is 0 Å². The zero-order valence-corrected chi connectivity index (χ0v) is 11.1. The van der Waals surface area contributed by atoms with Gasteiger partial charge in [-0.1, -0.05) is 0 Å². The molecule has 11 heteroatoms. The molecule has 0 atom stereocenters. The van der Waals surface area contributed by atoms with Crippen molar-refractivity contribution in [2.24, 2.45) is 0 Å². The van der Waals surface area contributed by atoms with E-state index in [1.807, 2.05) is 0 Å². The molecule has 24 heavy (non-hydrogen) atoms. The predicted octanol–water partition coefficient (Wildman–Crippen LogP) is 4.70. The first-order chi connectivity index (χ1) is 10.9. The number of hydrogen-bond acceptors (Lipinski definition) is 2. The molecule has 2 nitrogen and oxygen atoms in total. The van der Waals surface area contributed by atoms with Gasteiger partial charge < -0.3 is 5.73 Å². The Labute approximate surface area is 127 Å². The van der Waals surface area contributed by atoms with Crippen LogP contribution in [0.2, 0.25) is 0 Å². The predicted molar refractivity (Wildman–Crippen MR) is 65.7 cm³/mol. The fraction of sp³-hybridized carbons (Fsp3) is 0.0769. The molecule has 0 aliphatic rings. The van der Waals surface area contributed by atoms with Gasteiger partial charge in [-0.25, -0.2) is 26.3 Å². The first-order valence-electron chi connectivity index (χ1n) is 5.89. The summed E-state index contributed by atoms with van der Waals surface area (Å²) in [6.07, 6.45) is -5.23. The van der Waals surface area contributed by atoms with Gasteiger partial charge in [0.2, 0.25) is 0 Å². The van der Waals surface area contributed by atoms with Crippen LogP contribution in [0.15, 0.2) is 12.1 Å². The van der Waals surface area contributed by atoms with Gasteiger partial charge in [-0.3, -0.25) is 5.32 Å². The van der Waals surface area contributed by atoms with Crippen LogP contribution >= 0.6 is 0 Å². The van der Waals surface area contributed by atoms with Crippen LogP contribution in [0.4, 0.5) is 50.9 Å². The first kappa shape index (κ1) is 17.8. The molecular formula is C13H5F9N2. The van der Waals surface area contributed by atoms with Crippen LogP contribution in [0.1, 0.15) is 0 Å². The standard InChI is InChI=1S/C13H5F9N2/c14-3-1-5(23)9(16)11(18)7(3)8-4(15)2-6(10(17)12(8)19)24-13(20,21)22/h1-2,24H,23H2. The zero-order chi connectivity index (χ0) is 18.4. The number of nitrogens with one attached hydrogen (secondary N) is 1. The van der Waals surface area contributed by atoms with Crippen molar-refractivity contribution in [3.8, 4) is 11.1 Å². The molecule has 130 valence electrons. The summed E-state index contributed by atoms with van der Waals surface area (Å²) in [6, 6.07) is 0.0147. The number of rotatable bonds is 2. The number of halogens is 9. The van der Waals surface area contributed by atoms with Crippen molar-refractivity contribution >= 4 is 11.4 Å². The Balaban J connectivity index is 2.75. The normalized spacial score (nSPS) is 11.7. The van der Waals surface area contributed by atoms with E-state index in [1.165, 1.54) is 0 Å². The summed E-state index contributed by atoms with van der Waals surface area (Å²) >= 11 is 0. The van der Waals surface area contributed by atoms with Crippen LogP contribution in [0, 0.1) is 34.9 Å². The second kappa shape index (κ2) is 5.80. The molecule has 0 fully saturated rings. The Kier molecular flexibility index (Phi) is 4.29. The SMILES string of the molecule is Nc1cc(F)c(-c2c(F)cc(NC(F)(F)F)c(F)c2F)c(F)c1F. The lowest BCUT2D eigenvalue weighted by Gasteiger charge is -2.15. The van der Waals surface area contributed by atoms with Crippen molar-refractivity contribution in [3.63, 3.8) is 0 Å². The van der Waals surface area contributed by atoms with E-state index < -0.39 is 63.7 Å². The van der Waals surface area contributed by atoms with Crippen molar-refractivity contribution in [1.82, 2.24) is 0 Å². The monoisotopic (exact) mass is 360 g/mol. The molecule has 2 aromatic carbocycles. The number of anilines is 2. The Morgan fingerprint density at radius 1 is 0.708 bits per heavy atom. The van der Waals surface area contributed by atoms with Gasteiger partial charge in [0.1, 0.15) is 11.6 Å². The summed E-state index contributed by atoms with van der Waals surface area (Å²) in [5.74, 6) is -12.3. The second-order valence-electron chi connectivity index (χ2n) is 4.48. The van der Waals surface area contributed by atoms with Gasteiger partial charge in [-0.2, -0.15) is 13.2 Å². The van der Waals surface area contributed by atoms with E-state index in [-0.39, 0.29) is 12.1 Å². The molecule has 3 N–H and O–H groups in total. The Morgan fingerprint density at radius 2 is 1.17 bits per heavy atom. The minimum absolute atomic E-state index is 0.172. The van der Waals surface area contributed by atoms with E-state index in [2.05, 4.69) is 0 Å².